The molecule has 0 aliphatic rings. The molecule has 0 rings (SSSR count). The molecule has 0 bridgehead atoms. The summed E-state index contributed by atoms with van der Waals surface area (Å²) in [5, 5.41) is 16.6. The first-order valence-electron chi connectivity index (χ1n) is 3.10. The fourth-order valence-corrected chi connectivity index (χ4v) is 1.44. The Balaban J connectivity index is 0. The van der Waals surface area contributed by atoms with Gasteiger partial charge in [0, 0.05) is 5.75 Å². The summed E-state index contributed by atoms with van der Waals surface area (Å²) in [6.45, 7) is 0. The van der Waals surface area contributed by atoms with Crippen LogP contribution in [-0.2, 0) is 0 Å². The molecule has 0 saturated heterocycles. The molecule has 0 aliphatic heterocycles. The van der Waals surface area contributed by atoms with E-state index in [2.05, 4.69) is 17.9 Å². The van der Waals surface area contributed by atoms with E-state index in [1.807, 2.05) is 0 Å². The van der Waals surface area contributed by atoms with Gasteiger partial charge >= 0.3 is 0 Å². The van der Waals surface area contributed by atoms with Crippen LogP contribution in [0.5, 0.6) is 0 Å². The van der Waals surface area contributed by atoms with E-state index in [4.69, 9.17) is 16.6 Å². The molecule has 0 amide bonds. The molecule has 4 nitrogen and oxygen atoms in total. The Hall–Kier alpha value is 0.120. The van der Waals surface area contributed by atoms with Crippen molar-refractivity contribution in [3.63, 3.8) is 0 Å². The minimum Gasteiger partial charge on any atom is -0.370 e. The van der Waals surface area contributed by atoms with E-state index < -0.39 is 0 Å². The SMILES string of the molecule is Br.N=C(N)NC(=N)SCCCS. The van der Waals surface area contributed by atoms with Crippen molar-refractivity contribution in [1.82, 2.24) is 5.32 Å². The van der Waals surface area contributed by atoms with Crippen molar-refractivity contribution < 1.29 is 0 Å². The Kier molecular flexibility index (Phi) is 11.2. The third-order valence-corrected chi connectivity index (χ3v) is 2.00. The van der Waals surface area contributed by atoms with Crippen molar-refractivity contribution in [3.05, 3.63) is 0 Å². The monoisotopic (exact) mass is 272 g/mol. The van der Waals surface area contributed by atoms with Gasteiger partial charge in [-0.2, -0.15) is 12.6 Å². The van der Waals surface area contributed by atoms with Crippen molar-refractivity contribution in [2.45, 2.75) is 6.42 Å². The molecule has 0 saturated carbocycles. The van der Waals surface area contributed by atoms with Crippen LogP contribution >= 0.6 is 41.4 Å². The highest BCUT2D eigenvalue weighted by Crippen LogP contribution is 2.02. The van der Waals surface area contributed by atoms with Gasteiger partial charge in [-0.1, -0.05) is 11.8 Å². The van der Waals surface area contributed by atoms with Crippen molar-refractivity contribution in [1.29, 1.82) is 10.8 Å². The molecule has 0 aromatic rings. The summed E-state index contributed by atoms with van der Waals surface area (Å²) in [4.78, 5) is 0. The Morgan fingerprint density at radius 2 is 2.08 bits per heavy atom. The molecular formula is C5H13BrN4S2. The second kappa shape index (κ2) is 9.21. The predicted molar refractivity (Wildman–Crippen MR) is 64.0 cm³/mol. The van der Waals surface area contributed by atoms with Gasteiger partial charge in [-0.25, -0.2) is 0 Å². The Morgan fingerprint density at radius 3 is 2.50 bits per heavy atom. The molecular weight excluding hydrogens is 260 g/mol. The molecule has 0 atom stereocenters. The van der Waals surface area contributed by atoms with E-state index in [0.29, 0.717) is 0 Å². The zero-order valence-electron chi connectivity index (χ0n) is 6.46. The molecule has 0 aromatic carbocycles. The first-order chi connectivity index (χ1) is 5.16. The van der Waals surface area contributed by atoms with Gasteiger partial charge in [0.25, 0.3) is 0 Å². The third kappa shape index (κ3) is 10.1. The van der Waals surface area contributed by atoms with Gasteiger partial charge < -0.3 is 11.1 Å². The Bertz CT molecular complexity index is 152. The molecule has 0 spiro atoms. The zero-order valence-corrected chi connectivity index (χ0v) is 9.89. The number of hydrogen-bond donors (Lipinski definition) is 5. The molecule has 12 heavy (non-hydrogen) atoms. The standard InChI is InChI=1S/C5H12N4S2.BrH/c6-4(7)9-5(8)11-3-1-2-10;/h10H,1-3H2,(H5,6,7,8,9);1H. The second-order valence-electron chi connectivity index (χ2n) is 1.79. The number of thiol groups is 1. The van der Waals surface area contributed by atoms with Crippen molar-refractivity contribution in [2.75, 3.05) is 11.5 Å². The molecule has 5 N–H and O–H groups in total. The van der Waals surface area contributed by atoms with Crippen molar-refractivity contribution in [2.24, 2.45) is 5.73 Å². The van der Waals surface area contributed by atoms with Gasteiger partial charge in [-0.3, -0.25) is 10.8 Å². The molecule has 0 radical (unpaired) electrons. The molecule has 0 aliphatic carbocycles. The maximum Gasteiger partial charge on any atom is 0.191 e. The van der Waals surface area contributed by atoms with Crippen LogP contribution in [0.25, 0.3) is 0 Å². The first-order valence-corrected chi connectivity index (χ1v) is 4.72. The van der Waals surface area contributed by atoms with Crippen molar-refractivity contribution >= 4 is 52.5 Å². The predicted octanol–water partition coefficient (Wildman–Crippen LogP) is 1.04. The summed E-state index contributed by atoms with van der Waals surface area (Å²) in [5.41, 5.74) is 5.00. The van der Waals surface area contributed by atoms with E-state index in [1.165, 1.54) is 11.8 Å². The number of thioether (sulfide) groups is 1. The number of amidine groups is 1. The summed E-state index contributed by atoms with van der Waals surface area (Å²) >= 11 is 5.35. The van der Waals surface area contributed by atoms with E-state index in [1.54, 1.807) is 0 Å². The number of nitrogens with two attached hydrogens (primary N) is 1. The summed E-state index contributed by atoms with van der Waals surface area (Å²) in [6.07, 6.45) is 0.954. The fourth-order valence-electron chi connectivity index (χ4n) is 0.397. The first kappa shape index (κ1) is 14.6. The number of hydrogen-bond acceptors (Lipinski definition) is 4. The quantitative estimate of drug-likeness (QED) is 0.230. The fraction of sp³-hybridized carbons (Fsp3) is 0.600. The third-order valence-electron chi connectivity index (χ3n) is 0.797. The summed E-state index contributed by atoms with van der Waals surface area (Å²) in [5.74, 6) is 1.47. The maximum absolute atomic E-state index is 7.20. The van der Waals surface area contributed by atoms with E-state index in [-0.39, 0.29) is 28.1 Å². The number of halogens is 1. The van der Waals surface area contributed by atoms with Crippen molar-refractivity contribution in [3.8, 4) is 0 Å². The average molecular weight is 273 g/mol. The minimum atomic E-state index is -0.187. The topological polar surface area (TPSA) is 85.8 Å². The van der Waals surface area contributed by atoms with Gasteiger partial charge in [-0.05, 0) is 12.2 Å². The number of guanidine groups is 1. The number of rotatable bonds is 3. The molecule has 0 fully saturated rings. The lowest BCUT2D eigenvalue weighted by Crippen LogP contribution is -2.33. The Morgan fingerprint density at radius 1 is 1.50 bits per heavy atom. The van der Waals surface area contributed by atoms with Crippen LogP contribution in [0, 0.1) is 10.8 Å². The lowest BCUT2D eigenvalue weighted by atomic mass is 10.6. The van der Waals surface area contributed by atoms with E-state index >= 15 is 0 Å². The highest BCUT2D eigenvalue weighted by atomic mass is 79.9. The van der Waals surface area contributed by atoms with E-state index in [0.717, 1.165) is 17.9 Å². The normalized spacial score (nSPS) is 8.42. The van der Waals surface area contributed by atoms with Crippen LogP contribution in [-0.4, -0.2) is 22.6 Å². The van der Waals surface area contributed by atoms with Gasteiger partial charge in [-0.15, -0.1) is 17.0 Å². The largest absolute Gasteiger partial charge is 0.370 e. The molecule has 72 valence electrons. The summed E-state index contributed by atoms with van der Waals surface area (Å²) in [6, 6.07) is 0. The number of nitrogens with one attached hydrogen (secondary N) is 3. The second-order valence-corrected chi connectivity index (χ2v) is 3.35. The lowest BCUT2D eigenvalue weighted by Gasteiger charge is -2.03. The maximum atomic E-state index is 7.20. The van der Waals surface area contributed by atoms with Gasteiger partial charge in [0.1, 0.15) is 0 Å². The molecule has 7 heteroatoms. The summed E-state index contributed by atoms with van der Waals surface area (Å²) in [7, 11) is 0. The van der Waals surface area contributed by atoms with Crippen LogP contribution in [0.1, 0.15) is 6.42 Å². The highest BCUT2D eigenvalue weighted by molar-refractivity contribution is 8.93. The van der Waals surface area contributed by atoms with Crippen LogP contribution in [0.3, 0.4) is 0 Å². The van der Waals surface area contributed by atoms with Gasteiger partial charge in [0.15, 0.2) is 11.1 Å². The average Bonchev–Trinajstić information content (AvgIpc) is 1.86. The van der Waals surface area contributed by atoms with Crippen LogP contribution in [0.4, 0.5) is 0 Å². The van der Waals surface area contributed by atoms with Crippen LogP contribution in [0.15, 0.2) is 0 Å². The zero-order chi connectivity index (χ0) is 8.69. The summed E-state index contributed by atoms with van der Waals surface area (Å²) < 4.78 is 0. The molecule has 0 heterocycles. The Labute approximate surface area is 92.3 Å². The van der Waals surface area contributed by atoms with Crippen LogP contribution in [0.2, 0.25) is 0 Å². The smallest absolute Gasteiger partial charge is 0.191 e. The van der Waals surface area contributed by atoms with Gasteiger partial charge in [0.2, 0.25) is 0 Å². The van der Waals surface area contributed by atoms with Gasteiger partial charge in [0.05, 0.1) is 0 Å². The highest BCUT2D eigenvalue weighted by Gasteiger charge is 1.96. The van der Waals surface area contributed by atoms with Crippen LogP contribution < -0.4 is 11.1 Å². The lowest BCUT2D eigenvalue weighted by molar-refractivity contribution is 1.13. The molecule has 0 aromatic heterocycles. The minimum absolute atomic E-state index is 0. The van der Waals surface area contributed by atoms with E-state index in [9.17, 15) is 0 Å². The molecule has 0 unspecified atom stereocenters.